The Morgan fingerprint density at radius 2 is 1.65 bits per heavy atom. The molecule has 1 N–H and O–H groups in total. The summed E-state index contributed by atoms with van der Waals surface area (Å²) in [6.45, 7) is 7.92. The standard InChI is InChI=1S/C28H34N2O3.ClH/c1-4-16-30(17-5-2)18-19-33-27-21-25(13-14-26(27)32-3)29-28(31)15-11-22-10-12-23-8-6-7-9-24(23)20-22;/h6-15,20-21H,4-5,16-19H2,1-3H3,(H,29,31);1H. The highest BCUT2D eigenvalue weighted by Crippen LogP contribution is 2.30. The van der Waals surface area contributed by atoms with E-state index in [0.717, 1.165) is 43.4 Å². The fourth-order valence-electron chi connectivity index (χ4n) is 3.79. The number of anilines is 1. The third-order valence-corrected chi connectivity index (χ3v) is 5.38. The molecule has 34 heavy (non-hydrogen) atoms. The van der Waals surface area contributed by atoms with Crippen LogP contribution in [0.1, 0.15) is 32.3 Å². The highest BCUT2D eigenvalue weighted by molar-refractivity contribution is 6.02. The number of nitrogens with one attached hydrogen (secondary N) is 1. The number of nitrogens with zero attached hydrogens (tertiary/aromatic N) is 1. The van der Waals surface area contributed by atoms with Gasteiger partial charge in [0.25, 0.3) is 0 Å². The lowest BCUT2D eigenvalue weighted by atomic mass is 10.1. The predicted octanol–water partition coefficient (Wildman–Crippen LogP) is 6.42. The molecule has 0 heterocycles. The van der Waals surface area contributed by atoms with Crippen molar-refractivity contribution in [2.75, 3.05) is 38.7 Å². The van der Waals surface area contributed by atoms with Crippen LogP contribution in [0.2, 0.25) is 0 Å². The first-order valence-corrected chi connectivity index (χ1v) is 11.6. The molecule has 0 saturated heterocycles. The number of rotatable bonds is 12. The third-order valence-electron chi connectivity index (χ3n) is 5.38. The molecule has 6 heteroatoms. The Kier molecular flexibility index (Phi) is 11.4. The zero-order chi connectivity index (χ0) is 23.5. The van der Waals surface area contributed by atoms with E-state index in [0.29, 0.717) is 23.8 Å². The number of methoxy groups -OCH3 is 1. The van der Waals surface area contributed by atoms with Crippen LogP contribution in [0, 0.1) is 0 Å². The molecule has 0 bridgehead atoms. The van der Waals surface area contributed by atoms with Gasteiger partial charge in [-0.05, 0) is 66.5 Å². The van der Waals surface area contributed by atoms with Crippen LogP contribution in [0.3, 0.4) is 0 Å². The number of hydrogen-bond donors (Lipinski definition) is 1. The highest BCUT2D eigenvalue weighted by Gasteiger charge is 2.09. The summed E-state index contributed by atoms with van der Waals surface area (Å²) < 4.78 is 11.4. The largest absolute Gasteiger partial charge is 0.493 e. The molecule has 0 aliphatic carbocycles. The number of hydrogen-bond acceptors (Lipinski definition) is 4. The van der Waals surface area contributed by atoms with E-state index in [1.165, 1.54) is 5.39 Å². The Morgan fingerprint density at radius 3 is 2.35 bits per heavy atom. The molecule has 3 aromatic rings. The van der Waals surface area contributed by atoms with Crippen LogP contribution in [-0.4, -0.2) is 44.2 Å². The molecule has 3 rings (SSSR count). The van der Waals surface area contributed by atoms with Crippen LogP contribution in [0.4, 0.5) is 5.69 Å². The molecular formula is C28H35ClN2O3. The number of benzene rings is 3. The normalized spacial score (nSPS) is 10.9. The molecule has 1 amide bonds. The number of ether oxygens (including phenoxy) is 2. The molecule has 0 atom stereocenters. The summed E-state index contributed by atoms with van der Waals surface area (Å²) in [4.78, 5) is 14.9. The van der Waals surface area contributed by atoms with E-state index in [9.17, 15) is 4.79 Å². The van der Waals surface area contributed by atoms with Crippen LogP contribution in [0.5, 0.6) is 11.5 Å². The topological polar surface area (TPSA) is 50.8 Å². The summed E-state index contributed by atoms with van der Waals surface area (Å²) in [6.07, 6.45) is 5.61. The summed E-state index contributed by atoms with van der Waals surface area (Å²) in [7, 11) is 1.62. The molecule has 0 aliphatic rings. The van der Waals surface area contributed by atoms with Gasteiger partial charge in [0, 0.05) is 24.4 Å². The minimum Gasteiger partial charge on any atom is -0.493 e. The third kappa shape index (κ3) is 8.08. The van der Waals surface area contributed by atoms with Gasteiger partial charge in [0.1, 0.15) is 6.61 Å². The van der Waals surface area contributed by atoms with Crippen molar-refractivity contribution in [3.8, 4) is 11.5 Å². The fraction of sp³-hybridized carbons (Fsp3) is 0.321. The van der Waals surface area contributed by atoms with Crippen molar-refractivity contribution in [1.82, 2.24) is 4.90 Å². The number of fused-ring (bicyclic) bond motifs is 1. The van der Waals surface area contributed by atoms with Gasteiger partial charge in [0.05, 0.1) is 7.11 Å². The first-order chi connectivity index (χ1) is 16.1. The maximum absolute atomic E-state index is 12.5. The Morgan fingerprint density at radius 1 is 0.912 bits per heavy atom. The van der Waals surface area contributed by atoms with Gasteiger partial charge in [-0.15, -0.1) is 12.4 Å². The molecule has 0 radical (unpaired) electrons. The molecular weight excluding hydrogens is 448 g/mol. The van der Waals surface area contributed by atoms with Crippen LogP contribution in [0.25, 0.3) is 16.8 Å². The fourth-order valence-corrected chi connectivity index (χ4v) is 3.79. The molecule has 0 unspecified atom stereocenters. The highest BCUT2D eigenvalue weighted by atomic mass is 35.5. The molecule has 0 aliphatic heterocycles. The number of carbonyl (C=O) groups excluding carboxylic acids is 1. The lowest BCUT2D eigenvalue weighted by Gasteiger charge is -2.21. The summed E-state index contributed by atoms with van der Waals surface area (Å²) in [5, 5.41) is 5.23. The Balaban J connectivity index is 0.00000408. The van der Waals surface area contributed by atoms with Crippen molar-refractivity contribution in [3.63, 3.8) is 0 Å². The minimum atomic E-state index is -0.198. The van der Waals surface area contributed by atoms with Crippen molar-refractivity contribution in [2.45, 2.75) is 26.7 Å². The lowest BCUT2D eigenvalue weighted by Crippen LogP contribution is -2.30. The van der Waals surface area contributed by atoms with Crippen molar-refractivity contribution in [3.05, 3.63) is 72.3 Å². The average molecular weight is 483 g/mol. The Hall–Kier alpha value is -3.02. The van der Waals surface area contributed by atoms with Crippen LogP contribution in [0.15, 0.2) is 66.7 Å². The van der Waals surface area contributed by atoms with Crippen molar-refractivity contribution >= 4 is 40.9 Å². The molecule has 5 nitrogen and oxygen atoms in total. The zero-order valence-electron chi connectivity index (χ0n) is 20.3. The summed E-state index contributed by atoms with van der Waals surface area (Å²) in [6, 6.07) is 19.7. The van der Waals surface area contributed by atoms with Crippen LogP contribution < -0.4 is 14.8 Å². The van der Waals surface area contributed by atoms with Gasteiger partial charge >= 0.3 is 0 Å². The van der Waals surface area contributed by atoms with Gasteiger partial charge in [-0.3, -0.25) is 9.69 Å². The molecule has 182 valence electrons. The molecule has 0 saturated carbocycles. The Bertz CT molecular complexity index is 1080. The monoisotopic (exact) mass is 482 g/mol. The second-order valence-electron chi connectivity index (χ2n) is 7.98. The first-order valence-electron chi connectivity index (χ1n) is 11.6. The van der Waals surface area contributed by atoms with Gasteiger partial charge in [-0.1, -0.05) is 50.2 Å². The van der Waals surface area contributed by atoms with E-state index in [1.807, 2.05) is 42.5 Å². The smallest absolute Gasteiger partial charge is 0.248 e. The van der Waals surface area contributed by atoms with E-state index in [1.54, 1.807) is 13.2 Å². The van der Waals surface area contributed by atoms with Gasteiger partial charge in [0.15, 0.2) is 11.5 Å². The van der Waals surface area contributed by atoms with E-state index in [2.05, 4.69) is 48.3 Å². The maximum atomic E-state index is 12.5. The number of halogens is 1. The van der Waals surface area contributed by atoms with E-state index >= 15 is 0 Å². The average Bonchev–Trinajstić information content (AvgIpc) is 2.83. The van der Waals surface area contributed by atoms with Gasteiger partial charge in [0.2, 0.25) is 5.91 Å². The van der Waals surface area contributed by atoms with Gasteiger partial charge < -0.3 is 14.8 Å². The minimum absolute atomic E-state index is 0. The summed E-state index contributed by atoms with van der Waals surface area (Å²) >= 11 is 0. The molecule has 0 aromatic heterocycles. The van der Waals surface area contributed by atoms with Crippen LogP contribution in [-0.2, 0) is 4.79 Å². The summed E-state index contributed by atoms with van der Waals surface area (Å²) in [5.74, 6) is 1.08. The first kappa shape index (κ1) is 27.2. The van der Waals surface area contributed by atoms with Gasteiger partial charge in [-0.2, -0.15) is 0 Å². The van der Waals surface area contributed by atoms with E-state index in [-0.39, 0.29) is 18.3 Å². The lowest BCUT2D eigenvalue weighted by molar-refractivity contribution is -0.111. The SMILES string of the molecule is CCCN(CCC)CCOc1cc(NC(=O)C=Cc2ccc3ccccc3c2)ccc1OC.Cl. The van der Waals surface area contributed by atoms with Gasteiger partial charge in [-0.25, -0.2) is 0 Å². The second-order valence-corrected chi connectivity index (χ2v) is 7.98. The zero-order valence-corrected chi connectivity index (χ0v) is 21.1. The van der Waals surface area contributed by atoms with E-state index in [4.69, 9.17) is 9.47 Å². The number of amides is 1. The Labute approximate surface area is 209 Å². The van der Waals surface area contributed by atoms with Crippen molar-refractivity contribution in [2.24, 2.45) is 0 Å². The number of carbonyl (C=O) groups is 1. The quantitative estimate of drug-likeness (QED) is 0.302. The van der Waals surface area contributed by atoms with Crippen molar-refractivity contribution < 1.29 is 14.3 Å². The van der Waals surface area contributed by atoms with E-state index < -0.39 is 0 Å². The predicted molar refractivity (Wildman–Crippen MR) is 144 cm³/mol. The van der Waals surface area contributed by atoms with Crippen molar-refractivity contribution in [1.29, 1.82) is 0 Å². The second kappa shape index (κ2) is 14.3. The maximum Gasteiger partial charge on any atom is 0.248 e. The summed E-state index contributed by atoms with van der Waals surface area (Å²) in [5.41, 5.74) is 1.64. The van der Waals surface area contributed by atoms with Crippen LogP contribution >= 0.6 is 12.4 Å². The molecule has 0 fully saturated rings. The molecule has 3 aromatic carbocycles. The molecule has 0 spiro atoms.